The number of H-pyrrole nitrogens is 1. The van der Waals surface area contributed by atoms with Gasteiger partial charge in [-0.2, -0.15) is 0 Å². The van der Waals surface area contributed by atoms with Crippen LogP contribution in [0.1, 0.15) is 23.5 Å². The van der Waals surface area contributed by atoms with Crippen LogP contribution in [0.15, 0.2) is 53.3 Å². The number of aromatic nitrogens is 3. The Bertz CT molecular complexity index is 1260. The molecule has 4 rings (SSSR count). The van der Waals surface area contributed by atoms with E-state index in [1.165, 1.54) is 11.3 Å². The molecule has 8 heteroatoms. The minimum absolute atomic E-state index is 0.174. The zero-order chi connectivity index (χ0) is 21.1. The quantitative estimate of drug-likeness (QED) is 0.483. The molecule has 0 aliphatic heterocycles. The van der Waals surface area contributed by atoms with Crippen molar-refractivity contribution in [2.75, 3.05) is 5.32 Å². The van der Waals surface area contributed by atoms with Gasteiger partial charge in [0.15, 0.2) is 5.13 Å². The summed E-state index contributed by atoms with van der Waals surface area (Å²) in [5, 5.41) is 3.33. The average molecular weight is 420 g/mol. The molecule has 0 saturated heterocycles. The van der Waals surface area contributed by atoms with Crippen molar-refractivity contribution >= 4 is 32.6 Å². The number of hydrogen-bond acceptors (Lipinski definition) is 6. The molecule has 152 valence electrons. The Balaban J connectivity index is 1.42. The Morgan fingerprint density at radius 3 is 2.67 bits per heavy atom. The summed E-state index contributed by atoms with van der Waals surface area (Å²) in [6, 6.07) is 15.1. The van der Waals surface area contributed by atoms with Gasteiger partial charge in [-0.3, -0.25) is 9.59 Å². The number of carbonyl (C=O) groups excluding carboxylic acids is 1. The van der Waals surface area contributed by atoms with Crippen LogP contribution in [0.4, 0.5) is 5.13 Å². The van der Waals surface area contributed by atoms with Crippen LogP contribution in [-0.2, 0) is 11.2 Å². The number of rotatable bonds is 6. The molecule has 1 amide bonds. The van der Waals surface area contributed by atoms with E-state index in [-0.39, 0.29) is 17.9 Å². The van der Waals surface area contributed by atoms with Gasteiger partial charge in [-0.15, -0.1) is 0 Å². The van der Waals surface area contributed by atoms with Crippen molar-refractivity contribution in [3.05, 3.63) is 76.0 Å². The first kappa shape index (κ1) is 19.8. The van der Waals surface area contributed by atoms with Gasteiger partial charge in [0.05, 0.1) is 10.2 Å². The number of anilines is 1. The van der Waals surface area contributed by atoms with Crippen LogP contribution in [0.25, 0.3) is 10.2 Å². The smallest absolute Gasteiger partial charge is 0.254 e. The molecule has 0 fully saturated rings. The molecule has 2 heterocycles. The molecule has 0 atom stereocenters. The normalized spacial score (nSPS) is 10.9. The Kier molecular flexibility index (Phi) is 5.58. The second kappa shape index (κ2) is 8.46. The largest absolute Gasteiger partial charge is 0.457 e. The lowest BCUT2D eigenvalue weighted by Gasteiger charge is -2.05. The number of thiazole rings is 1. The first-order valence-electron chi connectivity index (χ1n) is 9.47. The third kappa shape index (κ3) is 4.55. The van der Waals surface area contributed by atoms with Gasteiger partial charge in [-0.05, 0) is 44.5 Å². The molecule has 30 heavy (non-hydrogen) atoms. The first-order valence-corrected chi connectivity index (χ1v) is 10.3. The third-order valence-corrected chi connectivity index (χ3v) is 5.46. The maximum absolute atomic E-state index is 12.4. The second-order valence-electron chi connectivity index (χ2n) is 6.83. The van der Waals surface area contributed by atoms with Gasteiger partial charge in [0.25, 0.3) is 5.56 Å². The molecule has 7 nitrogen and oxygen atoms in total. The van der Waals surface area contributed by atoms with Crippen molar-refractivity contribution in [2.45, 2.75) is 26.7 Å². The number of amides is 1. The molecule has 2 N–H and O–H groups in total. The molecule has 0 unspecified atom stereocenters. The van der Waals surface area contributed by atoms with E-state index in [0.717, 1.165) is 16.0 Å². The zero-order valence-electron chi connectivity index (χ0n) is 16.6. The van der Waals surface area contributed by atoms with Gasteiger partial charge < -0.3 is 15.0 Å². The van der Waals surface area contributed by atoms with E-state index in [1.807, 2.05) is 48.5 Å². The van der Waals surface area contributed by atoms with Gasteiger partial charge in [0, 0.05) is 23.7 Å². The van der Waals surface area contributed by atoms with Crippen LogP contribution >= 0.6 is 11.3 Å². The minimum atomic E-state index is -0.200. The minimum Gasteiger partial charge on any atom is -0.457 e. The number of nitrogens with one attached hydrogen (secondary N) is 2. The topological polar surface area (TPSA) is 97.0 Å². The van der Waals surface area contributed by atoms with E-state index in [4.69, 9.17) is 4.74 Å². The summed E-state index contributed by atoms with van der Waals surface area (Å²) < 4.78 is 6.76. The van der Waals surface area contributed by atoms with Crippen molar-refractivity contribution in [3.8, 4) is 11.5 Å². The molecule has 0 saturated carbocycles. The molecule has 0 bridgehead atoms. The predicted octanol–water partition coefficient (Wildman–Crippen LogP) is 4.36. The number of fused-ring (bicyclic) bond motifs is 1. The number of carbonyl (C=O) groups is 1. The average Bonchev–Trinajstić information content (AvgIpc) is 3.09. The van der Waals surface area contributed by atoms with Crippen LogP contribution in [0.5, 0.6) is 11.5 Å². The Morgan fingerprint density at radius 1 is 1.10 bits per heavy atom. The van der Waals surface area contributed by atoms with Crippen LogP contribution in [-0.4, -0.2) is 20.9 Å². The molecule has 0 radical (unpaired) electrons. The highest BCUT2D eigenvalue weighted by Crippen LogP contribution is 2.31. The molecule has 2 aromatic heterocycles. The van der Waals surface area contributed by atoms with E-state index >= 15 is 0 Å². The number of ether oxygens (including phenoxy) is 1. The zero-order valence-corrected chi connectivity index (χ0v) is 17.4. The van der Waals surface area contributed by atoms with Gasteiger partial charge in [0.2, 0.25) is 5.91 Å². The highest BCUT2D eigenvalue weighted by molar-refractivity contribution is 7.22. The van der Waals surface area contributed by atoms with Crippen LogP contribution < -0.4 is 15.6 Å². The standard InChI is InChI=1S/C22H20N4O3S/c1-13-17(21(28)24-14(2)23-13)9-11-20(27)26-22-25-18-10-8-16(12-19(18)30-22)29-15-6-4-3-5-7-15/h3-8,10,12H,9,11H2,1-2H3,(H,23,24,28)(H,25,26,27). The predicted molar refractivity (Wildman–Crippen MR) is 117 cm³/mol. The lowest BCUT2D eigenvalue weighted by Crippen LogP contribution is -2.20. The Morgan fingerprint density at radius 2 is 1.90 bits per heavy atom. The van der Waals surface area contributed by atoms with Crippen molar-refractivity contribution in [1.29, 1.82) is 0 Å². The van der Waals surface area contributed by atoms with E-state index in [2.05, 4.69) is 20.3 Å². The van der Waals surface area contributed by atoms with Crippen molar-refractivity contribution < 1.29 is 9.53 Å². The maximum Gasteiger partial charge on any atom is 0.254 e. The van der Waals surface area contributed by atoms with E-state index in [9.17, 15) is 9.59 Å². The molecule has 2 aromatic carbocycles. The summed E-state index contributed by atoms with van der Waals surface area (Å²) in [6.07, 6.45) is 0.493. The maximum atomic E-state index is 12.4. The molecule has 0 aliphatic carbocycles. The van der Waals surface area contributed by atoms with Crippen LogP contribution in [0.3, 0.4) is 0 Å². The lowest BCUT2D eigenvalue weighted by molar-refractivity contribution is -0.116. The van der Waals surface area contributed by atoms with Gasteiger partial charge >= 0.3 is 0 Å². The van der Waals surface area contributed by atoms with Gasteiger partial charge in [-0.1, -0.05) is 29.5 Å². The monoisotopic (exact) mass is 420 g/mol. The number of para-hydroxylation sites is 1. The fraction of sp³-hybridized carbons (Fsp3) is 0.182. The second-order valence-corrected chi connectivity index (χ2v) is 7.86. The van der Waals surface area contributed by atoms with Crippen LogP contribution in [0.2, 0.25) is 0 Å². The SMILES string of the molecule is Cc1nc(C)c(CCC(=O)Nc2nc3ccc(Oc4ccccc4)cc3s2)c(=O)[nH]1. The molecular weight excluding hydrogens is 400 g/mol. The molecule has 4 aromatic rings. The lowest BCUT2D eigenvalue weighted by atomic mass is 10.1. The van der Waals surface area contributed by atoms with E-state index in [0.29, 0.717) is 34.4 Å². The summed E-state index contributed by atoms with van der Waals surface area (Å²) >= 11 is 1.38. The van der Waals surface area contributed by atoms with Gasteiger partial charge in [-0.25, -0.2) is 9.97 Å². The summed E-state index contributed by atoms with van der Waals surface area (Å²) in [4.78, 5) is 35.8. The fourth-order valence-electron chi connectivity index (χ4n) is 3.11. The first-order chi connectivity index (χ1) is 14.5. The van der Waals surface area contributed by atoms with Crippen LogP contribution in [0, 0.1) is 13.8 Å². The van der Waals surface area contributed by atoms with E-state index in [1.54, 1.807) is 13.8 Å². The molecular formula is C22H20N4O3S. The molecule has 0 spiro atoms. The number of nitrogens with zero attached hydrogens (tertiary/aromatic N) is 2. The third-order valence-electron chi connectivity index (χ3n) is 4.53. The Hall–Kier alpha value is -3.52. The highest BCUT2D eigenvalue weighted by Gasteiger charge is 2.12. The number of aryl methyl sites for hydroxylation is 2. The van der Waals surface area contributed by atoms with E-state index < -0.39 is 0 Å². The number of aromatic amines is 1. The Labute approximate surface area is 176 Å². The summed E-state index contributed by atoms with van der Waals surface area (Å²) in [7, 11) is 0. The van der Waals surface area contributed by atoms with Crippen molar-refractivity contribution in [2.24, 2.45) is 0 Å². The summed E-state index contributed by atoms with van der Waals surface area (Å²) in [5.41, 5.74) is 1.77. The molecule has 0 aliphatic rings. The highest BCUT2D eigenvalue weighted by atomic mass is 32.1. The number of benzene rings is 2. The number of hydrogen-bond donors (Lipinski definition) is 2. The summed E-state index contributed by atoms with van der Waals surface area (Å²) in [5.74, 6) is 1.83. The van der Waals surface area contributed by atoms with Gasteiger partial charge in [0.1, 0.15) is 17.3 Å². The van der Waals surface area contributed by atoms with Crippen molar-refractivity contribution in [3.63, 3.8) is 0 Å². The van der Waals surface area contributed by atoms with Crippen molar-refractivity contribution in [1.82, 2.24) is 15.0 Å². The summed E-state index contributed by atoms with van der Waals surface area (Å²) in [6.45, 7) is 3.51. The fourth-order valence-corrected chi connectivity index (χ4v) is 4.02.